The van der Waals surface area contributed by atoms with Crippen LogP contribution in [0.4, 0.5) is 0 Å². The van der Waals surface area contributed by atoms with Crippen LogP contribution in [0.1, 0.15) is 21.7 Å². The summed E-state index contributed by atoms with van der Waals surface area (Å²) in [5, 5.41) is 0.614. The number of nitrogens with one attached hydrogen (secondary N) is 1. The Labute approximate surface area is 125 Å². The number of benzene rings is 1. The van der Waals surface area contributed by atoms with E-state index in [0.29, 0.717) is 16.3 Å². The average molecular weight is 343 g/mol. The minimum atomic E-state index is -0.0521. The van der Waals surface area contributed by atoms with E-state index in [0.717, 1.165) is 15.9 Å². The molecule has 3 nitrogen and oxygen atoms in total. The summed E-state index contributed by atoms with van der Waals surface area (Å²) in [4.78, 5) is 15.1. The SMILES string of the molecule is Cc1cc(C(=O)COc2ccc(Cl)cc2Br)c(C)[nH]1. The van der Waals surface area contributed by atoms with E-state index in [2.05, 4.69) is 20.9 Å². The molecule has 1 heterocycles. The van der Waals surface area contributed by atoms with Gasteiger partial charge in [-0.1, -0.05) is 11.6 Å². The van der Waals surface area contributed by atoms with Crippen LogP contribution in [0.25, 0.3) is 0 Å². The van der Waals surface area contributed by atoms with Gasteiger partial charge >= 0.3 is 0 Å². The van der Waals surface area contributed by atoms with Gasteiger partial charge in [0.25, 0.3) is 0 Å². The van der Waals surface area contributed by atoms with Crippen LogP contribution < -0.4 is 4.74 Å². The van der Waals surface area contributed by atoms with Gasteiger partial charge in [-0.15, -0.1) is 0 Å². The maximum Gasteiger partial charge on any atom is 0.202 e. The fourth-order valence-electron chi connectivity index (χ4n) is 1.83. The van der Waals surface area contributed by atoms with E-state index in [1.54, 1.807) is 18.2 Å². The predicted molar refractivity (Wildman–Crippen MR) is 79.2 cm³/mol. The number of Topliss-reactive ketones (excluding diaryl/α,β-unsaturated/α-hetero) is 1. The van der Waals surface area contributed by atoms with Crippen LogP contribution in [-0.4, -0.2) is 17.4 Å². The van der Waals surface area contributed by atoms with E-state index < -0.39 is 0 Å². The molecule has 1 aromatic carbocycles. The second-order valence-corrected chi connectivity index (χ2v) is 5.57. The Morgan fingerprint density at radius 1 is 1.37 bits per heavy atom. The van der Waals surface area contributed by atoms with Gasteiger partial charge in [-0.3, -0.25) is 4.79 Å². The summed E-state index contributed by atoms with van der Waals surface area (Å²) in [5.74, 6) is 0.548. The molecular formula is C14H13BrClNO2. The zero-order valence-corrected chi connectivity index (χ0v) is 12.9. The largest absolute Gasteiger partial charge is 0.484 e. The molecule has 0 atom stereocenters. The lowest BCUT2D eigenvalue weighted by molar-refractivity contribution is 0.0920. The van der Waals surface area contributed by atoms with Crippen molar-refractivity contribution in [3.05, 3.63) is 50.7 Å². The number of rotatable bonds is 4. The molecule has 0 spiro atoms. The topological polar surface area (TPSA) is 42.1 Å². The molecule has 0 bridgehead atoms. The first kappa shape index (κ1) is 14.2. The van der Waals surface area contributed by atoms with Gasteiger partial charge in [0, 0.05) is 22.0 Å². The molecule has 0 fully saturated rings. The molecule has 0 amide bonds. The molecular weight excluding hydrogens is 330 g/mol. The summed E-state index contributed by atoms with van der Waals surface area (Å²) >= 11 is 9.19. The van der Waals surface area contributed by atoms with Crippen LogP contribution in [0.3, 0.4) is 0 Å². The van der Waals surface area contributed by atoms with Gasteiger partial charge in [0.05, 0.1) is 4.47 Å². The number of hydrogen-bond acceptors (Lipinski definition) is 2. The lowest BCUT2D eigenvalue weighted by Gasteiger charge is -2.07. The van der Waals surface area contributed by atoms with Crippen LogP contribution in [0.15, 0.2) is 28.7 Å². The number of carbonyl (C=O) groups is 1. The number of H-pyrrole nitrogens is 1. The lowest BCUT2D eigenvalue weighted by Crippen LogP contribution is -2.12. The van der Waals surface area contributed by atoms with Crippen molar-refractivity contribution in [2.75, 3.05) is 6.61 Å². The van der Waals surface area contributed by atoms with Crippen LogP contribution >= 0.6 is 27.5 Å². The van der Waals surface area contributed by atoms with Gasteiger partial charge in [0.15, 0.2) is 6.61 Å². The third-order valence-electron chi connectivity index (χ3n) is 2.70. The van der Waals surface area contributed by atoms with Crippen LogP contribution in [0, 0.1) is 13.8 Å². The Morgan fingerprint density at radius 3 is 2.68 bits per heavy atom. The highest BCUT2D eigenvalue weighted by molar-refractivity contribution is 9.10. The first-order valence-corrected chi connectivity index (χ1v) is 6.91. The van der Waals surface area contributed by atoms with E-state index in [-0.39, 0.29) is 12.4 Å². The van der Waals surface area contributed by atoms with Crippen molar-refractivity contribution in [3.8, 4) is 5.75 Å². The molecule has 0 aliphatic carbocycles. The van der Waals surface area contributed by atoms with Crippen LogP contribution in [0.2, 0.25) is 5.02 Å². The minimum Gasteiger partial charge on any atom is -0.484 e. The van der Waals surface area contributed by atoms with Gasteiger partial charge in [-0.05, 0) is 54.0 Å². The third kappa shape index (κ3) is 3.39. The molecule has 100 valence electrons. The summed E-state index contributed by atoms with van der Waals surface area (Å²) in [6, 6.07) is 7.01. The van der Waals surface area contributed by atoms with Crippen molar-refractivity contribution in [1.82, 2.24) is 4.98 Å². The van der Waals surface area contributed by atoms with Crippen molar-refractivity contribution < 1.29 is 9.53 Å². The molecule has 19 heavy (non-hydrogen) atoms. The Balaban J connectivity index is 2.06. The highest BCUT2D eigenvalue weighted by Gasteiger charge is 2.13. The van der Waals surface area contributed by atoms with E-state index >= 15 is 0 Å². The Bertz CT molecular complexity index is 622. The average Bonchev–Trinajstić information content (AvgIpc) is 2.67. The number of carbonyl (C=O) groups excluding carboxylic acids is 1. The summed E-state index contributed by atoms with van der Waals surface area (Å²) in [5.41, 5.74) is 2.50. The van der Waals surface area contributed by atoms with E-state index in [4.69, 9.17) is 16.3 Å². The quantitative estimate of drug-likeness (QED) is 0.841. The summed E-state index contributed by atoms with van der Waals surface area (Å²) in [6.45, 7) is 3.79. The number of aromatic nitrogens is 1. The lowest BCUT2D eigenvalue weighted by atomic mass is 10.1. The van der Waals surface area contributed by atoms with Crippen LogP contribution in [0.5, 0.6) is 5.75 Å². The highest BCUT2D eigenvalue weighted by Crippen LogP contribution is 2.28. The first-order chi connectivity index (χ1) is 8.97. The second-order valence-electron chi connectivity index (χ2n) is 4.28. The molecule has 2 rings (SSSR count). The Kier molecular flexibility index (Phi) is 4.32. The van der Waals surface area contributed by atoms with E-state index in [1.807, 2.05) is 19.9 Å². The molecule has 0 radical (unpaired) electrons. The minimum absolute atomic E-state index is 0.00162. The fourth-order valence-corrected chi connectivity index (χ4v) is 2.62. The molecule has 1 N–H and O–H groups in total. The molecule has 0 aliphatic heterocycles. The van der Waals surface area contributed by atoms with Crippen molar-refractivity contribution in [1.29, 1.82) is 0 Å². The molecule has 5 heteroatoms. The molecule has 1 aromatic heterocycles. The summed E-state index contributed by atoms with van der Waals surface area (Å²) in [6.07, 6.45) is 0. The zero-order chi connectivity index (χ0) is 14.0. The maximum absolute atomic E-state index is 12.0. The van der Waals surface area contributed by atoms with Crippen molar-refractivity contribution in [2.45, 2.75) is 13.8 Å². The number of ketones is 1. The van der Waals surface area contributed by atoms with Crippen molar-refractivity contribution in [3.63, 3.8) is 0 Å². The highest BCUT2D eigenvalue weighted by atomic mass is 79.9. The standard InChI is InChI=1S/C14H13BrClNO2/c1-8-5-11(9(2)17-8)13(18)7-19-14-4-3-10(16)6-12(14)15/h3-6,17H,7H2,1-2H3. The van der Waals surface area contributed by atoms with Gasteiger partial charge in [-0.25, -0.2) is 0 Å². The van der Waals surface area contributed by atoms with Gasteiger partial charge in [0.2, 0.25) is 5.78 Å². The van der Waals surface area contributed by atoms with Crippen LogP contribution in [-0.2, 0) is 0 Å². The molecule has 2 aromatic rings. The molecule has 0 saturated carbocycles. The Hall–Kier alpha value is -1.26. The number of halogens is 2. The summed E-state index contributed by atoms with van der Waals surface area (Å²) in [7, 11) is 0. The monoisotopic (exact) mass is 341 g/mol. The van der Waals surface area contributed by atoms with Gasteiger partial charge in [-0.2, -0.15) is 0 Å². The van der Waals surface area contributed by atoms with Gasteiger partial charge in [0.1, 0.15) is 5.75 Å². The second kappa shape index (κ2) is 5.80. The smallest absolute Gasteiger partial charge is 0.202 e. The summed E-state index contributed by atoms with van der Waals surface area (Å²) < 4.78 is 6.23. The number of hydrogen-bond donors (Lipinski definition) is 1. The Morgan fingerprint density at radius 2 is 2.11 bits per heavy atom. The van der Waals surface area contributed by atoms with Gasteiger partial charge < -0.3 is 9.72 Å². The van der Waals surface area contributed by atoms with Crippen molar-refractivity contribution in [2.24, 2.45) is 0 Å². The van der Waals surface area contributed by atoms with E-state index in [1.165, 1.54) is 0 Å². The predicted octanol–water partition coefficient (Wildman–Crippen LogP) is 4.31. The number of aryl methyl sites for hydroxylation is 2. The maximum atomic E-state index is 12.0. The van der Waals surface area contributed by atoms with E-state index in [9.17, 15) is 4.79 Å². The molecule has 0 saturated heterocycles. The molecule has 0 aliphatic rings. The zero-order valence-electron chi connectivity index (χ0n) is 10.6. The normalized spacial score (nSPS) is 10.5. The first-order valence-electron chi connectivity index (χ1n) is 5.74. The number of ether oxygens (including phenoxy) is 1. The third-order valence-corrected chi connectivity index (χ3v) is 3.56. The fraction of sp³-hybridized carbons (Fsp3) is 0.214. The number of aromatic amines is 1. The molecule has 0 unspecified atom stereocenters. The van der Waals surface area contributed by atoms with Crippen molar-refractivity contribution >= 4 is 33.3 Å².